The van der Waals surface area contributed by atoms with E-state index in [4.69, 9.17) is 0 Å². The maximum absolute atomic E-state index is 12.4. The Balaban J connectivity index is 1.98. The van der Waals surface area contributed by atoms with E-state index in [2.05, 4.69) is 0 Å². The number of thioether (sulfide) groups is 1. The highest BCUT2D eigenvalue weighted by atomic mass is 32.2. The minimum atomic E-state index is -0.402. The first-order valence-electron chi connectivity index (χ1n) is 7.30. The number of benzene rings is 3. The second-order valence-corrected chi connectivity index (χ2v) is 6.30. The fourth-order valence-electron chi connectivity index (χ4n) is 2.86. The molecule has 0 spiro atoms. The monoisotopic (exact) mass is 316 g/mol. The van der Waals surface area contributed by atoms with Crippen molar-refractivity contribution >= 4 is 22.7 Å². The van der Waals surface area contributed by atoms with Crippen molar-refractivity contribution in [1.29, 1.82) is 0 Å². The summed E-state index contributed by atoms with van der Waals surface area (Å²) in [6, 6.07) is 23.5. The minimum Gasteiger partial charge on any atom is -0.284 e. The maximum Gasteiger partial charge on any atom is 0.264 e. The van der Waals surface area contributed by atoms with Crippen LogP contribution in [0.2, 0.25) is 0 Å². The molecule has 0 saturated heterocycles. The van der Waals surface area contributed by atoms with E-state index in [0.717, 1.165) is 38.9 Å². The Bertz CT molecular complexity index is 915. The van der Waals surface area contributed by atoms with Gasteiger partial charge in [0.05, 0.1) is 0 Å². The third-order valence-electron chi connectivity index (χ3n) is 3.93. The molecule has 0 amide bonds. The summed E-state index contributed by atoms with van der Waals surface area (Å²) in [6.45, 7) is 0. The summed E-state index contributed by atoms with van der Waals surface area (Å²) in [5.41, 5.74) is 4.26. The summed E-state index contributed by atoms with van der Waals surface area (Å²) in [4.78, 5) is 25.2. The van der Waals surface area contributed by atoms with Gasteiger partial charge in [0.15, 0.2) is 0 Å². The normalized spacial score (nSPS) is 13.2. The summed E-state index contributed by atoms with van der Waals surface area (Å²) in [7, 11) is 0. The first kappa shape index (κ1) is 14.0. The molecule has 3 aromatic rings. The van der Waals surface area contributed by atoms with Gasteiger partial charge in [0.2, 0.25) is 5.78 Å². The van der Waals surface area contributed by atoms with Crippen LogP contribution in [-0.2, 0) is 4.79 Å². The average molecular weight is 316 g/mol. The maximum atomic E-state index is 12.4. The van der Waals surface area contributed by atoms with Gasteiger partial charge in [0.1, 0.15) is 0 Å². The highest BCUT2D eigenvalue weighted by Gasteiger charge is 2.34. The Morgan fingerprint density at radius 1 is 0.609 bits per heavy atom. The van der Waals surface area contributed by atoms with Gasteiger partial charge < -0.3 is 0 Å². The van der Waals surface area contributed by atoms with Crippen LogP contribution in [0.3, 0.4) is 0 Å². The minimum absolute atomic E-state index is 0.401. The van der Waals surface area contributed by atoms with E-state index in [-0.39, 0.29) is 0 Å². The lowest BCUT2D eigenvalue weighted by Crippen LogP contribution is -2.04. The number of carbonyl (C=O) groups excluding carboxylic acids is 2. The topological polar surface area (TPSA) is 34.1 Å². The molecule has 0 N–H and O–H groups in total. The number of rotatable bonds is 2. The molecular weight excluding hydrogens is 304 g/mol. The molecule has 0 unspecified atom stereocenters. The molecule has 23 heavy (non-hydrogen) atoms. The van der Waals surface area contributed by atoms with E-state index >= 15 is 0 Å². The highest BCUT2D eigenvalue weighted by Crippen LogP contribution is 2.44. The molecule has 0 atom stereocenters. The molecule has 3 aromatic carbocycles. The van der Waals surface area contributed by atoms with Gasteiger partial charge >= 0.3 is 0 Å². The molecule has 0 fully saturated rings. The van der Waals surface area contributed by atoms with Crippen LogP contribution >= 0.6 is 11.8 Å². The van der Waals surface area contributed by atoms with Crippen LogP contribution in [0.15, 0.2) is 77.7 Å². The predicted molar refractivity (Wildman–Crippen MR) is 92.5 cm³/mol. The number of carbonyl (C=O) groups is 2. The van der Waals surface area contributed by atoms with Crippen LogP contribution in [-0.4, -0.2) is 10.9 Å². The molecular formula is C20H12O2S. The summed E-state index contributed by atoms with van der Waals surface area (Å²) in [6.07, 6.45) is 0. The van der Waals surface area contributed by atoms with Crippen molar-refractivity contribution in [3.63, 3.8) is 0 Å². The fraction of sp³-hybridized carbons (Fsp3) is 0. The Morgan fingerprint density at radius 3 is 1.74 bits per heavy atom. The Labute approximate surface area is 138 Å². The van der Waals surface area contributed by atoms with Crippen LogP contribution in [0.5, 0.6) is 0 Å². The van der Waals surface area contributed by atoms with Gasteiger partial charge in [-0.05, 0) is 34.0 Å². The summed E-state index contributed by atoms with van der Waals surface area (Å²) >= 11 is 1.04. The van der Waals surface area contributed by atoms with E-state index in [9.17, 15) is 9.59 Å². The van der Waals surface area contributed by atoms with E-state index in [0.29, 0.717) is 5.56 Å². The van der Waals surface area contributed by atoms with Gasteiger partial charge in [0, 0.05) is 10.5 Å². The zero-order valence-corrected chi connectivity index (χ0v) is 13.0. The van der Waals surface area contributed by atoms with Crippen molar-refractivity contribution in [3.05, 3.63) is 78.4 Å². The zero-order valence-electron chi connectivity index (χ0n) is 12.2. The van der Waals surface area contributed by atoms with Crippen LogP contribution < -0.4 is 0 Å². The SMILES string of the molecule is O=C1Sc2c(-c3ccccc3)ccc(-c3ccccc3)c2C1=O. The molecule has 3 heteroatoms. The fourth-order valence-corrected chi connectivity index (χ4v) is 3.84. The van der Waals surface area contributed by atoms with Gasteiger partial charge in [-0.1, -0.05) is 72.8 Å². The molecule has 0 radical (unpaired) electrons. The number of Topliss-reactive ketones (excluding diaryl/α,β-unsaturated/α-hetero) is 1. The van der Waals surface area contributed by atoms with Crippen LogP contribution in [0.4, 0.5) is 0 Å². The number of fused-ring (bicyclic) bond motifs is 1. The van der Waals surface area contributed by atoms with Crippen molar-refractivity contribution in [1.82, 2.24) is 0 Å². The van der Waals surface area contributed by atoms with E-state index < -0.39 is 10.9 Å². The third kappa shape index (κ3) is 2.30. The van der Waals surface area contributed by atoms with Crippen molar-refractivity contribution in [3.8, 4) is 22.3 Å². The molecule has 0 saturated carbocycles. The molecule has 0 bridgehead atoms. The second-order valence-electron chi connectivity index (χ2n) is 5.32. The quantitative estimate of drug-likeness (QED) is 0.635. The number of hydrogen-bond donors (Lipinski definition) is 0. The largest absolute Gasteiger partial charge is 0.284 e. The average Bonchev–Trinajstić information content (AvgIpc) is 2.91. The number of ketones is 1. The standard InChI is InChI=1S/C20H12O2S/c21-18-17-15(13-7-3-1-4-8-13)11-12-16(19(17)23-20(18)22)14-9-5-2-6-10-14/h1-12H. The first-order valence-corrected chi connectivity index (χ1v) is 8.12. The van der Waals surface area contributed by atoms with Gasteiger partial charge in [0.25, 0.3) is 5.12 Å². The zero-order chi connectivity index (χ0) is 15.8. The van der Waals surface area contributed by atoms with Crippen molar-refractivity contribution < 1.29 is 9.59 Å². The molecule has 0 aliphatic carbocycles. The molecule has 1 heterocycles. The van der Waals surface area contributed by atoms with Gasteiger partial charge in [-0.25, -0.2) is 0 Å². The van der Waals surface area contributed by atoms with Crippen LogP contribution in [0.25, 0.3) is 22.3 Å². The lowest BCUT2D eigenvalue weighted by Gasteiger charge is -2.11. The first-order chi connectivity index (χ1) is 11.3. The lowest BCUT2D eigenvalue weighted by atomic mass is 9.93. The van der Waals surface area contributed by atoms with Gasteiger partial charge in [-0.2, -0.15) is 0 Å². The lowest BCUT2D eigenvalue weighted by molar-refractivity contribution is -0.107. The van der Waals surface area contributed by atoms with Gasteiger partial charge in [-0.15, -0.1) is 0 Å². The molecule has 1 aliphatic heterocycles. The Morgan fingerprint density at radius 2 is 1.13 bits per heavy atom. The Hall–Kier alpha value is -2.65. The molecule has 0 aromatic heterocycles. The summed E-state index contributed by atoms with van der Waals surface area (Å²) in [5, 5.41) is -0.402. The molecule has 1 aliphatic rings. The Kier molecular flexibility index (Phi) is 3.36. The van der Waals surface area contributed by atoms with Crippen LogP contribution in [0.1, 0.15) is 10.4 Å². The smallest absolute Gasteiger partial charge is 0.264 e. The highest BCUT2D eigenvalue weighted by molar-refractivity contribution is 8.16. The third-order valence-corrected chi connectivity index (χ3v) is 4.93. The van der Waals surface area contributed by atoms with Crippen molar-refractivity contribution in [2.45, 2.75) is 4.90 Å². The second kappa shape index (κ2) is 5.52. The van der Waals surface area contributed by atoms with Gasteiger partial charge in [-0.3, -0.25) is 9.59 Å². The van der Waals surface area contributed by atoms with E-state index in [1.165, 1.54) is 0 Å². The summed E-state index contributed by atoms with van der Waals surface area (Å²) < 4.78 is 0. The summed E-state index contributed by atoms with van der Waals surface area (Å²) in [5.74, 6) is -0.401. The van der Waals surface area contributed by atoms with Crippen LogP contribution in [0, 0.1) is 0 Å². The predicted octanol–water partition coefficient (Wildman–Crippen LogP) is 4.84. The van der Waals surface area contributed by atoms with Crippen molar-refractivity contribution in [2.75, 3.05) is 0 Å². The molecule has 2 nitrogen and oxygen atoms in total. The molecule has 110 valence electrons. The number of hydrogen-bond acceptors (Lipinski definition) is 3. The molecule has 4 rings (SSSR count). The van der Waals surface area contributed by atoms with E-state index in [1.807, 2.05) is 72.8 Å². The van der Waals surface area contributed by atoms with E-state index in [1.54, 1.807) is 0 Å². The van der Waals surface area contributed by atoms with Crippen molar-refractivity contribution in [2.24, 2.45) is 0 Å².